The lowest BCUT2D eigenvalue weighted by Crippen LogP contribution is -2.30. The summed E-state index contributed by atoms with van der Waals surface area (Å²) in [6.07, 6.45) is 3.57. The standard InChI is InChI=1S/C14H21Cl2N/c1-4-6-12(5-2)17-10(3)11-7-8-13(15)14(16)9-11/h7-10,12,17H,4-6H2,1-3H3. The van der Waals surface area contributed by atoms with E-state index in [1.54, 1.807) is 0 Å². The first-order valence-electron chi connectivity index (χ1n) is 6.29. The Balaban J connectivity index is 2.68. The van der Waals surface area contributed by atoms with Crippen molar-refractivity contribution >= 4 is 23.2 Å². The molecule has 0 bridgehead atoms. The Bertz CT molecular complexity index is 352. The average molecular weight is 274 g/mol. The van der Waals surface area contributed by atoms with E-state index in [-0.39, 0.29) is 0 Å². The maximum atomic E-state index is 6.03. The van der Waals surface area contributed by atoms with Crippen molar-refractivity contribution in [3.8, 4) is 0 Å². The van der Waals surface area contributed by atoms with Crippen molar-refractivity contribution in [1.82, 2.24) is 5.32 Å². The molecule has 0 fully saturated rings. The molecule has 0 aromatic heterocycles. The third-order valence-electron chi connectivity index (χ3n) is 3.06. The third kappa shape index (κ3) is 4.50. The first kappa shape index (κ1) is 14.8. The minimum atomic E-state index is 0.307. The zero-order valence-corrected chi connectivity index (χ0v) is 12.3. The molecule has 17 heavy (non-hydrogen) atoms. The molecule has 1 N–H and O–H groups in total. The van der Waals surface area contributed by atoms with Crippen LogP contribution in [0.1, 0.15) is 51.6 Å². The minimum Gasteiger partial charge on any atom is -0.307 e. The summed E-state index contributed by atoms with van der Waals surface area (Å²) in [4.78, 5) is 0. The lowest BCUT2D eigenvalue weighted by atomic mass is 10.0. The maximum Gasteiger partial charge on any atom is 0.0595 e. The van der Waals surface area contributed by atoms with Crippen LogP contribution in [-0.2, 0) is 0 Å². The summed E-state index contributed by atoms with van der Waals surface area (Å²) >= 11 is 11.9. The van der Waals surface area contributed by atoms with Crippen molar-refractivity contribution in [3.63, 3.8) is 0 Å². The molecular weight excluding hydrogens is 253 g/mol. The summed E-state index contributed by atoms with van der Waals surface area (Å²) < 4.78 is 0. The third-order valence-corrected chi connectivity index (χ3v) is 3.80. The fourth-order valence-corrected chi connectivity index (χ4v) is 2.29. The first-order chi connectivity index (χ1) is 8.08. The molecule has 3 heteroatoms. The van der Waals surface area contributed by atoms with Crippen LogP contribution in [0.5, 0.6) is 0 Å². The fourth-order valence-electron chi connectivity index (χ4n) is 1.99. The van der Waals surface area contributed by atoms with Gasteiger partial charge in [0, 0.05) is 12.1 Å². The van der Waals surface area contributed by atoms with Crippen LogP contribution in [0.4, 0.5) is 0 Å². The van der Waals surface area contributed by atoms with E-state index in [0.717, 1.165) is 6.42 Å². The quantitative estimate of drug-likeness (QED) is 0.749. The van der Waals surface area contributed by atoms with Gasteiger partial charge < -0.3 is 5.32 Å². The van der Waals surface area contributed by atoms with Crippen LogP contribution in [0.15, 0.2) is 18.2 Å². The molecule has 96 valence electrons. The Morgan fingerprint density at radius 3 is 2.41 bits per heavy atom. The van der Waals surface area contributed by atoms with Crippen molar-refractivity contribution in [1.29, 1.82) is 0 Å². The van der Waals surface area contributed by atoms with E-state index in [2.05, 4.69) is 26.1 Å². The highest BCUT2D eigenvalue weighted by atomic mass is 35.5. The highest BCUT2D eigenvalue weighted by molar-refractivity contribution is 6.42. The largest absolute Gasteiger partial charge is 0.307 e. The number of hydrogen-bond acceptors (Lipinski definition) is 1. The number of rotatable bonds is 6. The molecule has 0 spiro atoms. The number of hydrogen-bond donors (Lipinski definition) is 1. The van der Waals surface area contributed by atoms with Gasteiger partial charge in [0.1, 0.15) is 0 Å². The zero-order valence-electron chi connectivity index (χ0n) is 10.8. The molecule has 0 heterocycles. The highest BCUT2D eigenvalue weighted by Gasteiger charge is 2.12. The van der Waals surface area contributed by atoms with Crippen molar-refractivity contribution < 1.29 is 0 Å². The van der Waals surface area contributed by atoms with Crippen molar-refractivity contribution in [2.45, 2.75) is 52.1 Å². The summed E-state index contributed by atoms with van der Waals surface area (Å²) in [6, 6.07) is 6.72. The maximum absolute atomic E-state index is 6.03. The van der Waals surface area contributed by atoms with E-state index >= 15 is 0 Å². The van der Waals surface area contributed by atoms with Gasteiger partial charge in [0.15, 0.2) is 0 Å². The van der Waals surface area contributed by atoms with Crippen LogP contribution >= 0.6 is 23.2 Å². The molecule has 2 atom stereocenters. The van der Waals surface area contributed by atoms with Gasteiger partial charge in [-0.2, -0.15) is 0 Å². The highest BCUT2D eigenvalue weighted by Crippen LogP contribution is 2.26. The second-order valence-corrected chi connectivity index (χ2v) is 5.27. The Hall–Kier alpha value is -0.240. The second-order valence-electron chi connectivity index (χ2n) is 4.46. The minimum absolute atomic E-state index is 0.307. The van der Waals surface area contributed by atoms with E-state index < -0.39 is 0 Å². The second kappa shape index (κ2) is 7.25. The fraction of sp³-hybridized carbons (Fsp3) is 0.571. The Kier molecular flexibility index (Phi) is 6.32. The Labute approximate surface area is 115 Å². The van der Waals surface area contributed by atoms with Crippen LogP contribution < -0.4 is 5.32 Å². The van der Waals surface area contributed by atoms with Gasteiger partial charge in [-0.15, -0.1) is 0 Å². The SMILES string of the molecule is CCCC(CC)NC(C)c1ccc(Cl)c(Cl)c1. The van der Waals surface area contributed by atoms with Gasteiger partial charge in [0.05, 0.1) is 10.0 Å². The van der Waals surface area contributed by atoms with Crippen LogP contribution in [0.2, 0.25) is 10.0 Å². The molecule has 2 unspecified atom stereocenters. The van der Waals surface area contributed by atoms with Gasteiger partial charge in [-0.05, 0) is 37.5 Å². The van der Waals surface area contributed by atoms with Gasteiger partial charge in [-0.1, -0.05) is 49.5 Å². The van der Waals surface area contributed by atoms with Crippen LogP contribution in [-0.4, -0.2) is 6.04 Å². The molecule has 1 aromatic carbocycles. The summed E-state index contributed by atoms with van der Waals surface area (Å²) in [5.41, 5.74) is 1.19. The molecule has 0 aliphatic heterocycles. The molecule has 1 aromatic rings. The molecule has 0 aliphatic rings. The molecule has 0 aliphatic carbocycles. The molecule has 0 radical (unpaired) electrons. The molecule has 1 nitrogen and oxygen atoms in total. The van der Waals surface area contributed by atoms with E-state index in [0.29, 0.717) is 22.1 Å². The van der Waals surface area contributed by atoms with Crippen LogP contribution in [0, 0.1) is 0 Å². The summed E-state index contributed by atoms with van der Waals surface area (Å²) in [7, 11) is 0. The topological polar surface area (TPSA) is 12.0 Å². The van der Waals surface area contributed by atoms with Crippen molar-refractivity contribution in [2.75, 3.05) is 0 Å². The van der Waals surface area contributed by atoms with Crippen molar-refractivity contribution in [3.05, 3.63) is 33.8 Å². The van der Waals surface area contributed by atoms with Gasteiger partial charge >= 0.3 is 0 Å². The Morgan fingerprint density at radius 1 is 1.18 bits per heavy atom. The molecule has 0 amide bonds. The Morgan fingerprint density at radius 2 is 1.88 bits per heavy atom. The smallest absolute Gasteiger partial charge is 0.0595 e. The average Bonchev–Trinajstić information content (AvgIpc) is 2.31. The van der Waals surface area contributed by atoms with Crippen LogP contribution in [0.3, 0.4) is 0 Å². The number of halogens is 2. The van der Waals surface area contributed by atoms with Gasteiger partial charge in [0.25, 0.3) is 0 Å². The van der Waals surface area contributed by atoms with Gasteiger partial charge in [-0.3, -0.25) is 0 Å². The summed E-state index contributed by atoms with van der Waals surface area (Å²) in [6.45, 7) is 6.60. The van der Waals surface area contributed by atoms with E-state index in [1.165, 1.54) is 18.4 Å². The molecule has 1 rings (SSSR count). The van der Waals surface area contributed by atoms with Crippen LogP contribution in [0.25, 0.3) is 0 Å². The van der Waals surface area contributed by atoms with E-state index in [9.17, 15) is 0 Å². The predicted molar refractivity (Wildman–Crippen MR) is 77.0 cm³/mol. The number of benzene rings is 1. The lowest BCUT2D eigenvalue weighted by Gasteiger charge is -2.22. The predicted octanol–water partition coefficient (Wildman–Crippen LogP) is 5.22. The summed E-state index contributed by atoms with van der Waals surface area (Å²) in [5.74, 6) is 0. The van der Waals surface area contributed by atoms with E-state index in [1.807, 2.05) is 18.2 Å². The van der Waals surface area contributed by atoms with Gasteiger partial charge in [0.2, 0.25) is 0 Å². The monoisotopic (exact) mass is 273 g/mol. The number of nitrogens with one attached hydrogen (secondary N) is 1. The lowest BCUT2D eigenvalue weighted by molar-refractivity contribution is 0.417. The van der Waals surface area contributed by atoms with E-state index in [4.69, 9.17) is 23.2 Å². The van der Waals surface area contributed by atoms with Gasteiger partial charge in [-0.25, -0.2) is 0 Å². The normalized spacial score (nSPS) is 14.6. The molecule has 0 saturated carbocycles. The van der Waals surface area contributed by atoms with Crippen molar-refractivity contribution in [2.24, 2.45) is 0 Å². The zero-order chi connectivity index (χ0) is 12.8. The first-order valence-corrected chi connectivity index (χ1v) is 7.05. The molecule has 0 saturated heterocycles. The summed E-state index contributed by atoms with van der Waals surface area (Å²) in [5, 5.41) is 4.87. The molecular formula is C14H21Cl2N.